The lowest BCUT2D eigenvalue weighted by Gasteiger charge is -2.19. The molecule has 1 saturated heterocycles. The van der Waals surface area contributed by atoms with Crippen LogP contribution in [0.4, 0.5) is 5.95 Å². The Hall–Kier alpha value is -1.69. The van der Waals surface area contributed by atoms with Crippen LogP contribution in [-0.4, -0.2) is 44.8 Å². The maximum absolute atomic E-state index is 10.8. The number of aryl methyl sites for hydroxylation is 1. The summed E-state index contributed by atoms with van der Waals surface area (Å²) < 4.78 is 0. The van der Waals surface area contributed by atoms with Crippen molar-refractivity contribution in [2.24, 2.45) is 0 Å². The second-order valence-corrected chi connectivity index (χ2v) is 4.64. The van der Waals surface area contributed by atoms with E-state index >= 15 is 0 Å². The summed E-state index contributed by atoms with van der Waals surface area (Å²) in [4.78, 5) is 20.9. The summed E-state index contributed by atoms with van der Waals surface area (Å²) >= 11 is 0. The lowest BCUT2D eigenvalue weighted by atomic mass is 10.1. The van der Waals surface area contributed by atoms with E-state index in [4.69, 9.17) is 5.11 Å². The maximum atomic E-state index is 10.8. The van der Waals surface area contributed by atoms with Gasteiger partial charge < -0.3 is 15.1 Å². The van der Waals surface area contributed by atoms with Crippen molar-refractivity contribution in [2.45, 2.75) is 25.9 Å². The molecule has 2 N–H and O–H groups in total. The smallest absolute Gasteiger partial charge is 0.339 e. The molecule has 0 amide bonds. The molecule has 17 heavy (non-hydrogen) atoms. The number of aromatic nitrogens is 2. The van der Waals surface area contributed by atoms with Crippen LogP contribution in [-0.2, 0) is 0 Å². The Morgan fingerprint density at radius 2 is 2.29 bits per heavy atom. The van der Waals surface area contributed by atoms with E-state index in [9.17, 15) is 9.90 Å². The first-order chi connectivity index (χ1) is 7.89. The van der Waals surface area contributed by atoms with Crippen LogP contribution in [0, 0.1) is 6.92 Å². The van der Waals surface area contributed by atoms with Crippen LogP contribution in [0.25, 0.3) is 0 Å². The van der Waals surface area contributed by atoms with Gasteiger partial charge in [0.05, 0.1) is 16.9 Å². The number of anilines is 1. The minimum Gasteiger partial charge on any atom is -0.478 e. The molecule has 6 heteroatoms. The minimum atomic E-state index is -1.03. The van der Waals surface area contributed by atoms with Gasteiger partial charge in [-0.1, -0.05) is 0 Å². The third-order valence-electron chi connectivity index (χ3n) is 2.93. The van der Waals surface area contributed by atoms with Gasteiger partial charge in [0.1, 0.15) is 0 Å². The number of nitrogens with zero attached hydrogens (tertiary/aromatic N) is 3. The second kappa shape index (κ2) is 3.96. The first-order valence-electron chi connectivity index (χ1n) is 5.43. The molecule has 1 aromatic heterocycles. The predicted octanol–water partition coefficient (Wildman–Crippen LogP) is 0.444. The number of β-amino-alcohol motifs (C(OH)–C–C–N with tert-alkyl or cyclic N) is 1. The molecule has 0 spiro atoms. The summed E-state index contributed by atoms with van der Waals surface area (Å²) in [7, 11) is 0. The van der Waals surface area contributed by atoms with Crippen molar-refractivity contribution < 1.29 is 15.0 Å². The minimum absolute atomic E-state index is 0.111. The second-order valence-electron chi connectivity index (χ2n) is 4.64. The van der Waals surface area contributed by atoms with Crippen molar-refractivity contribution in [1.82, 2.24) is 9.97 Å². The fourth-order valence-electron chi connectivity index (χ4n) is 1.93. The van der Waals surface area contributed by atoms with Crippen LogP contribution >= 0.6 is 0 Å². The highest BCUT2D eigenvalue weighted by Crippen LogP contribution is 2.24. The zero-order valence-corrected chi connectivity index (χ0v) is 9.84. The fourth-order valence-corrected chi connectivity index (χ4v) is 1.93. The van der Waals surface area contributed by atoms with Gasteiger partial charge >= 0.3 is 5.97 Å². The average molecular weight is 237 g/mol. The summed E-state index contributed by atoms with van der Waals surface area (Å²) in [5, 5.41) is 18.7. The van der Waals surface area contributed by atoms with Crippen molar-refractivity contribution in [2.75, 3.05) is 18.0 Å². The number of carbonyl (C=O) groups is 1. The van der Waals surface area contributed by atoms with Crippen molar-refractivity contribution in [1.29, 1.82) is 0 Å². The Labute approximate surface area is 98.9 Å². The zero-order valence-electron chi connectivity index (χ0n) is 9.84. The van der Waals surface area contributed by atoms with Gasteiger partial charge in [-0.25, -0.2) is 14.8 Å². The Morgan fingerprint density at radius 3 is 2.76 bits per heavy atom. The van der Waals surface area contributed by atoms with Crippen LogP contribution in [0.3, 0.4) is 0 Å². The molecule has 1 atom stereocenters. The lowest BCUT2D eigenvalue weighted by molar-refractivity contribution is 0.0694. The zero-order chi connectivity index (χ0) is 12.6. The summed E-state index contributed by atoms with van der Waals surface area (Å²) in [6, 6.07) is 0. The molecule has 6 nitrogen and oxygen atoms in total. The van der Waals surface area contributed by atoms with Gasteiger partial charge in [0, 0.05) is 19.3 Å². The molecule has 2 rings (SSSR count). The van der Waals surface area contributed by atoms with Gasteiger partial charge in [0.25, 0.3) is 0 Å². The van der Waals surface area contributed by atoms with E-state index in [-0.39, 0.29) is 5.56 Å². The maximum Gasteiger partial charge on any atom is 0.339 e. The normalized spacial score (nSPS) is 24.1. The summed E-state index contributed by atoms with van der Waals surface area (Å²) in [5.41, 5.74) is -0.170. The Balaban J connectivity index is 2.24. The van der Waals surface area contributed by atoms with E-state index in [1.807, 2.05) is 4.90 Å². The highest BCUT2D eigenvalue weighted by atomic mass is 16.4. The molecule has 0 radical (unpaired) electrons. The monoisotopic (exact) mass is 237 g/mol. The van der Waals surface area contributed by atoms with Crippen molar-refractivity contribution >= 4 is 11.9 Å². The SMILES string of the molecule is Cc1nc(N2CCC(C)(O)C2)ncc1C(=O)O. The van der Waals surface area contributed by atoms with E-state index in [0.717, 1.165) is 0 Å². The molecule has 1 aliphatic heterocycles. The highest BCUT2D eigenvalue weighted by molar-refractivity contribution is 5.88. The molecule has 1 fully saturated rings. The van der Waals surface area contributed by atoms with E-state index in [1.54, 1.807) is 13.8 Å². The standard InChI is InChI=1S/C11H15N3O3/c1-7-8(9(15)16)5-12-10(13-7)14-4-3-11(2,17)6-14/h5,17H,3-4,6H2,1-2H3,(H,15,16). The van der Waals surface area contributed by atoms with E-state index in [1.165, 1.54) is 6.20 Å². The largest absolute Gasteiger partial charge is 0.478 e. The molecule has 1 aliphatic rings. The Morgan fingerprint density at radius 1 is 1.59 bits per heavy atom. The predicted molar refractivity (Wildman–Crippen MR) is 61.2 cm³/mol. The van der Waals surface area contributed by atoms with Crippen LogP contribution in [0.2, 0.25) is 0 Å². The molecule has 0 saturated carbocycles. The summed E-state index contributed by atoms with van der Waals surface area (Å²) in [6.45, 7) is 4.56. The molecule has 2 heterocycles. The van der Waals surface area contributed by atoms with Crippen LogP contribution in [0.1, 0.15) is 29.4 Å². The van der Waals surface area contributed by atoms with Gasteiger partial charge in [-0.15, -0.1) is 0 Å². The molecular weight excluding hydrogens is 222 g/mol. The van der Waals surface area contributed by atoms with Crippen LogP contribution < -0.4 is 4.90 Å². The Kier molecular flexibility index (Phi) is 2.74. The van der Waals surface area contributed by atoms with Gasteiger partial charge in [-0.05, 0) is 20.3 Å². The van der Waals surface area contributed by atoms with E-state index in [0.29, 0.717) is 31.2 Å². The number of hydrogen-bond donors (Lipinski definition) is 2. The lowest BCUT2D eigenvalue weighted by Crippen LogP contribution is -2.30. The van der Waals surface area contributed by atoms with Gasteiger partial charge in [-0.3, -0.25) is 0 Å². The van der Waals surface area contributed by atoms with Gasteiger partial charge in [0.2, 0.25) is 5.95 Å². The third kappa shape index (κ3) is 2.36. The topological polar surface area (TPSA) is 86.5 Å². The fraction of sp³-hybridized carbons (Fsp3) is 0.545. The summed E-state index contributed by atoms with van der Waals surface area (Å²) in [5.74, 6) is -0.548. The number of hydrogen-bond acceptors (Lipinski definition) is 5. The Bertz CT molecular complexity index is 459. The number of aliphatic hydroxyl groups is 1. The molecule has 1 aromatic rings. The molecule has 0 aromatic carbocycles. The number of carboxylic acids is 1. The third-order valence-corrected chi connectivity index (χ3v) is 2.93. The highest BCUT2D eigenvalue weighted by Gasteiger charge is 2.32. The van der Waals surface area contributed by atoms with Gasteiger partial charge in [0.15, 0.2) is 0 Å². The van der Waals surface area contributed by atoms with Gasteiger partial charge in [-0.2, -0.15) is 0 Å². The number of rotatable bonds is 2. The van der Waals surface area contributed by atoms with E-state index < -0.39 is 11.6 Å². The van der Waals surface area contributed by atoms with Crippen molar-refractivity contribution in [3.05, 3.63) is 17.5 Å². The van der Waals surface area contributed by atoms with Crippen LogP contribution in [0.15, 0.2) is 6.20 Å². The van der Waals surface area contributed by atoms with Crippen LogP contribution in [0.5, 0.6) is 0 Å². The quantitative estimate of drug-likeness (QED) is 0.776. The van der Waals surface area contributed by atoms with Crippen molar-refractivity contribution in [3.63, 3.8) is 0 Å². The average Bonchev–Trinajstić information content (AvgIpc) is 2.58. The first kappa shape index (κ1) is 11.8. The molecular formula is C11H15N3O3. The summed E-state index contributed by atoms with van der Waals surface area (Å²) in [6.07, 6.45) is 1.98. The first-order valence-corrected chi connectivity index (χ1v) is 5.43. The van der Waals surface area contributed by atoms with E-state index in [2.05, 4.69) is 9.97 Å². The molecule has 92 valence electrons. The number of aromatic carboxylic acids is 1. The number of carboxylic acid groups (broad SMARTS) is 1. The molecule has 0 bridgehead atoms. The molecule has 0 aliphatic carbocycles. The molecule has 1 unspecified atom stereocenters. The van der Waals surface area contributed by atoms with Crippen molar-refractivity contribution in [3.8, 4) is 0 Å².